The van der Waals surface area contributed by atoms with E-state index >= 15 is 0 Å². The Balaban J connectivity index is 2.18. The molecule has 0 aliphatic heterocycles. The molecule has 8 heteroatoms. The highest BCUT2D eigenvalue weighted by atomic mass is 35.5. The van der Waals surface area contributed by atoms with Gasteiger partial charge in [0.15, 0.2) is 15.0 Å². The number of sulfone groups is 1. The van der Waals surface area contributed by atoms with Crippen molar-refractivity contribution in [3.05, 3.63) is 40.4 Å². The quantitative estimate of drug-likeness (QED) is 0.935. The molecule has 2 aromatic rings. The molecule has 0 bridgehead atoms. The van der Waals surface area contributed by atoms with Crippen molar-refractivity contribution >= 4 is 43.8 Å². The zero-order valence-electron chi connectivity index (χ0n) is 10.5. The maximum Gasteiger partial charge on any atom is 0.223 e. The average molecular weight is 331 g/mol. The number of hydrogen-bond acceptors (Lipinski definition) is 5. The van der Waals surface area contributed by atoms with Crippen LogP contribution in [0.15, 0.2) is 34.5 Å². The molecule has 0 atom stereocenters. The van der Waals surface area contributed by atoms with Gasteiger partial charge in [-0.1, -0.05) is 11.6 Å². The maximum atomic E-state index is 12.2. The van der Waals surface area contributed by atoms with Gasteiger partial charge in [-0.2, -0.15) is 0 Å². The summed E-state index contributed by atoms with van der Waals surface area (Å²) in [5.41, 5.74) is 0.397. The van der Waals surface area contributed by atoms with Gasteiger partial charge in [-0.15, -0.1) is 11.3 Å². The Morgan fingerprint density at radius 2 is 2.00 bits per heavy atom. The van der Waals surface area contributed by atoms with Gasteiger partial charge in [-0.25, -0.2) is 13.4 Å². The van der Waals surface area contributed by atoms with E-state index in [1.807, 2.05) is 0 Å². The van der Waals surface area contributed by atoms with Crippen molar-refractivity contribution in [2.45, 2.75) is 17.6 Å². The molecule has 0 unspecified atom stereocenters. The van der Waals surface area contributed by atoms with E-state index in [-0.39, 0.29) is 16.6 Å². The van der Waals surface area contributed by atoms with Crippen LogP contribution in [0.1, 0.15) is 12.6 Å². The highest BCUT2D eigenvalue weighted by molar-refractivity contribution is 7.90. The molecule has 5 nitrogen and oxygen atoms in total. The van der Waals surface area contributed by atoms with Gasteiger partial charge in [0.1, 0.15) is 0 Å². The summed E-state index contributed by atoms with van der Waals surface area (Å²) in [7, 11) is -3.47. The third kappa shape index (κ3) is 3.78. The number of halogens is 1. The summed E-state index contributed by atoms with van der Waals surface area (Å²) in [6.45, 7) is 1.37. The van der Waals surface area contributed by atoms with Crippen molar-refractivity contribution in [2.24, 2.45) is 0 Å². The van der Waals surface area contributed by atoms with Gasteiger partial charge in [-0.05, 0) is 24.3 Å². The Morgan fingerprint density at radius 3 is 2.60 bits per heavy atom. The number of nitrogens with one attached hydrogen (secondary N) is 1. The predicted molar refractivity (Wildman–Crippen MR) is 78.8 cm³/mol. The Hall–Kier alpha value is -1.44. The number of thiazole rings is 1. The second-order valence-corrected chi connectivity index (χ2v) is 7.32. The smallest absolute Gasteiger partial charge is 0.223 e. The Morgan fingerprint density at radius 1 is 1.35 bits per heavy atom. The van der Waals surface area contributed by atoms with E-state index in [9.17, 15) is 13.2 Å². The molecule has 1 heterocycles. The van der Waals surface area contributed by atoms with Crippen LogP contribution in [0.3, 0.4) is 0 Å². The van der Waals surface area contributed by atoms with Crippen LogP contribution in [0.5, 0.6) is 0 Å². The fourth-order valence-electron chi connectivity index (χ4n) is 1.50. The number of amides is 1. The van der Waals surface area contributed by atoms with Crippen LogP contribution < -0.4 is 5.32 Å². The molecular formula is C12H11ClN2O3S2. The van der Waals surface area contributed by atoms with Crippen LogP contribution in [-0.4, -0.2) is 19.3 Å². The highest BCUT2D eigenvalue weighted by Crippen LogP contribution is 2.21. The molecule has 1 amide bonds. The van der Waals surface area contributed by atoms with Crippen molar-refractivity contribution in [3.63, 3.8) is 0 Å². The summed E-state index contributed by atoms with van der Waals surface area (Å²) in [6.07, 6.45) is 0. The van der Waals surface area contributed by atoms with Gasteiger partial charge >= 0.3 is 0 Å². The second kappa shape index (κ2) is 5.90. The monoisotopic (exact) mass is 330 g/mol. The van der Waals surface area contributed by atoms with Crippen LogP contribution >= 0.6 is 22.9 Å². The number of rotatable bonds is 4. The zero-order chi connectivity index (χ0) is 14.8. The van der Waals surface area contributed by atoms with Crippen LogP contribution in [-0.2, 0) is 20.4 Å². The Kier molecular flexibility index (Phi) is 4.42. The van der Waals surface area contributed by atoms with E-state index in [1.165, 1.54) is 42.5 Å². The van der Waals surface area contributed by atoms with Crippen molar-refractivity contribution in [3.8, 4) is 0 Å². The van der Waals surface area contributed by atoms with Gasteiger partial charge in [0.2, 0.25) is 5.91 Å². The SMILES string of the molecule is CC(=O)Nc1nc(CS(=O)(=O)c2ccc(Cl)cc2)cs1. The van der Waals surface area contributed by atoms with Gasteiger partial charge in [0, 0.05) is 17.3 Å². The largest absolute Gasteiger partial charge is 0.302 e. The standard InChI is InChI=1S/C12H11ClN2O3S2/c1-8(16)14-12-15-10(6-19-12)7-20(17,18)11-4-2-9(13)3-5-11/h2-6H,7H2,1H3,(H,14,15,16). The molecule has 106 valence electrons. The first kappa shape index (κ1) is 15.0. The van der Waals surface area contributed by atoms with E-state index in [0.717, 1.165) is 0 Å². The maximum absolute atomic E-state index is 12.2. The molecule has 1 aromatic heterocycles. The minimum atomic E-state index is -3.47. The zero-order valence-corrected chi connectivity index (χ0v) is 12.8. The van der Waals surface area contributed by atoms with Crippen LogP contribution in [0.25, 0.3) is 0 Å². The molecule has 0 radical (unpaired) electrons. The van der Waals surface area contributed by atoms with Crippen LogP contribution in [0, 0.1) is 0 Å². The lowest BCUT2D eigenvalue weighted by Crippen LogP contribution is -2.07. The van der Waals surface area contributed by atoms with E-state index < -0.39 is 9.84 Å². The second-order valence-electron chi connectivity index (χ2n) is 4.04. The van der Waals surface area contributed by atoms with E-state index in [2.05, 4.69) is 10.3 Å². The molecule has 1 N–H and O–H groups in total. The van der Waals surface area contributed by atoms with Gasteiger partial charge in [-0.3, -0.25) is 4.79 Å². The lowest BCUT2D eigenvalue weighted by molar-refractivity contribution is -0.114. The molecule has 0 spiro atoms. The van der Waals surface area contributed by atoms with Gasteiger partial charge in [0.05, 0.1) is 16.3 Å². The first-order valence-electron chi connectivity index (χ1n) is 5.57. The van der Waals surface area contributed by atoms with Crippen molar-refractivity contribution in [2.75, 3.05) is 5.32 Å². The molecule has 20 heavy (non-hydrogen) atoms. The third-order valence-corrected chi connectivity index (χ3v) is 5.07. The number of nitrogens with zero attached hydrogens (tertiary/aromatic N) is 1. The van der Waals surface area contributed by atoms with Crippen LogP contribution in [0.4, 0.5) is 5.13 Å². The molecule has 0 fully saturated rings. The summed E-state index contributed by atoms with van der Waals surface area (Å²) >= 11 is 6.92. The molecule has 0 saturated heterocycles. The van der Waals surface area contributed by atoms with Crippen molar-refractivity contribution in [1.82, 2.24) is 4.98 Å². The number of aromatic nitrogens is 1. The Labute approximate surface area is 125 Å². The minimum Gasteiger partial charge on any atom is -0.302 e. The molecule has 0 aliphatic carbocycles. The van der Waals surface area contributed by atoms with E-state index in [4.69, 9.17) is 11.6 Å². The number of carbonyl (C=O) groups excluding carboxylic acids is 1. The number of carbonyl (C=O) groups is 1. The molecule has 2 rings (SSSR count). The van der Waals surface area contributed by atoms with E-state index in [0.29, 0.717) is 15.8 Å². The predicted octanol–water partition coefficient (Wildman–Crippen LogP) is 2.73. The molecule has 0 saturated carbocycles. The van der Waals surface area contributed by atoms with Gasteiger partial charge < -0.3 is 5.32 Å². The lowest BCUT2D eigenvalue weighted by atomic mass is 10.4. The van der Waals surface area contributed by atoms with Gasteiger partial charge in [0.25, 0.3) is 0 Å². The minimum absolute atomic E-state index is 0.191. The van der Waals surface area contributed by atoms with Crippen molar-refractivity contribution in [1.29, 1.82) is 0 Å². The Bertz CT molecular complexity index is 723. The number of anilines is 1. The fraction of sp³-hybridized carbons (Fsp3) is 0.167. The molecule has 0 aliphatic rings. The first-order chi connectivity index (χ1) is 9.37. The topological polar surface area (TPSA) is 76.1 Å². The number of benzene rings is 1. The molecular weight excluding hydrogens is 320 g/mol. The normalized spacial score (nSPS) is 11.3. The van der Waals surface area contributed by atoms with Crippen LogP contribution in [0.2, 0.25) is 5.02 Å². The summed E-state index contributed by atoms with van der Waals surface area (Å²) in [4.78, 5) is 15.1. The third-order valence-electron chi connectivity index (χ3n) is 2.35. The fourth-order valence-corrected chi connectivity index (χ4v) is 3.74. The molecule has 1 aromatic carbocycles. The van der Waals surface area contributed by atoms with E-state index in [1.54, 1.807) is 5.38 Å². The summed E-state index contributed by atoms with van der Waals surface area (Å²) < 4.78 is 24.4. The van der Waals surface area contributed by atoms with Crippen molar-refractivity contribution < 1.29 is 13.2 Å². The summed E-state index contributed by atoms with van der Waals surface area (Å²) in [5, 5.41) is 4.99. The highest BCUT2D eigenvalue weighted by Gasteiger charge is 2.17. The summed E-state index contributed by atoms with van der Waals surface area (Å²) in [6, 6.07) is 5.97. The first-order valence-corrected chi connectivity index (χ1v) is 8.48. The average Bonchev–Trinajstić information content (AvgIpc) is 2.75. The number of hydrogen-bond donors (Lipinski definition) is 1. The lowest BCUT2D eigenvalue weighted by Gasteiger charge is -2.02. The summed E-state index contributed by atoms with van der Waals surface area (Å²) in [5.74, 6) is -0.462.